The van der Waals surface area contributed by atoms with Crippen LogP contribution >= 0.6 is 0 Å². The first-order chi connectivity index (χ1) is 8.15. The van der Waals surface area contributed by atoms with Gasteiger partial charge in [0.25, 0.3) is 0 Å². The van der Waals surface area contributed by atoms with Crippen molar-refractivity contribution in [3.05, 3.63) is 29.3 Å². The summed E-state index contributed by atoms with van der Waals surface area (Å²) >= 11 is 0. The minimum Gasteiger partial charge on any atom is -0.489 e. The Morgan fingerprint density at radius 3 is 2.88 bits per heavy atom. The second-order valence-electron chi connectivity index (χ2n) is 4.47. The molecule has 0 bridgehead atoms. The minimum absolute atomic E-state index is 0.116. The number of benzene rings is 1. The van der Waals surface area contributed by atoms with Crippen LogP contribution < -0.4 is 4.74 Å². The molecule has 0 saturated carbocycles. The third-order valence-corrected chi connectivity index (χ3v) is 3.20. The third-order valence-electron chi connectivity index (χ3n) is 3.20. The first-order valence-corrected chi connectivity index (χ1v) is 6.11. The molecule has 17 heavy (non-hydrogen) atoms. The summed E-state index contributed by atoms with van der Waals surface area (Å²) in [4.78, 5) is 11.9. The predicted molar refractivity (Wildman–Crippen MR) is 65.5 cm³/mol. The lowest BCUT2D eigenvalue weighted by molar-refractivity contribution is 0.0500. The molecule has 0 spiro atoms. The SMILES string of the molecule is CCCOC(=O)c1cccc2c1OC(C)C2C. The molecule has 0 radical (unpaired) electrons. The van der Waals surface area contributed by atoms with Crippen LogP contribution in [0, 0.1) is 0 Å². The Bertz CT molecular complexity index is 425. The third kappa shape index (κ3) is 2.14. The Kier molecular flexibility index (Phi) is 3.36. The van der Waals surface area contributed by atoms with Crippen molar-refractivity contribution >= 4 is 5.97 Å². The predicted octanol–water partition coefficient (Wildman–Crippen LogP) is 3.14. The van der Waals surface area contributed by atoms with Crippen LogP contribution in [-0.2, 0) is 4.74 Å². The highest BCUT2D eigenvalue weighted by Gasteiger charge is 2.31. The van der Waals surface area contributed by atoms with E-state index in [9.17, 15) is 4.79 Å². The van der Waals surface area contributed by atoms with Crippen molar-refractivity contribution in [2.75, 3.05) is 6.61 Å². The van der Waals surface area contributed by atoms with Gasteiger partial charge in [0.15, 0.2) is 0 Å². The molecule has 2 unspecified atom stereocenters. The summed E-state index contributed by atoms with van der Waals surface area (Å²) in [5.74, 6) is 0.738. The van der Waals surface area contributed by atoms with Gasteiger partial charge in [-0.1, -0.05) is 26.0 Å². The molecule has 92 valence electrons. The van der Waals surface area contributed by atoms with E-state index in [1.54, 1.807) is 6.07 Å². The largest absolute Gasteiger partial charge is 0.489 e. The molecule has 2 atom stereocenters. The molecule has 0 aromatic heterocycles. The number of carbonyl (C=O) groups is 1. The van der Waals surface area contributed by atoms with E-state index in [0.717, 1.165) is 12.0 Å². The van der Waals surface area contributed by atoms with E-state index in [2.05, 4.69) is 6.92 Å². The highest BCUT2D eigenvalue weighted by molar-refractivity contribution is 5.93. The van der Waals surface area contributed by atoms with E-state index < -0.39 is 0 Å². The van der Waals surface area contributed by atoms with Crippen LogP contribution in [-0.4, -0.2) is 18.7 Å². The van der Waals surface area contributed by atoms with Crippen LogP contribution in [0.3, 0.4) is 0 Å². The fourth-order valence-corrected chi connectivity index (χ4v) is 2.02. The lowest BCUT2D eigenvalue weighted by Gasteiger charge is -2.09. The number of hydrogen-bond donors (Lipinski definition) is 0. The smallest absolute Gasteiger partial charge is 0.341 e. The molecule has 1 aromatic rings. The van der Waals surface area contributed by atoms with E-state index >= 15 is 0 Å². The second-order valence-corrected chi connectivity index (χ2v) is 4.47. The summed E-state index contributed by atoms with van der Waals surface area (Å²) in [6.45, 7) is 6.56. The Hall–Kier alpha value is -1.51. The van der Waals surface area contributed by atoms with Crippen molar-refractivity contribution in [1.82, 2.24) is 0 Å². The van der Waals surface area contributed by atoms with Crippen molar-refractivity contribution < 1.29 is 14.3 Å². The average Bonchev–Trinajstić information content (AvgIpc) is 2.62. The summed E-state index contributed by atoms with van der Waals surface area (Å²) in [6.07, 6.45) is 0.944. The monoisotopic (exact) mass is 234 g/mol. The summed E-state index contributed by atoms with van der Waals surface area (Å²) in [7, 11) is 0. The summed E-state index contributed by atoms with van der Waals surface area (Å²) in [5.41, 5.74) is 1.65. The van der Waals surface area contributed by atoms with Crippen LogP contribution in [0.2, 0.25) is 0 Å². The van der Waals surface area contributed by atoms with Gasteiger partial charge in [-0.05, 0) is 19.4 Å². The topological polar surface area (TPSA) is 35.5 Å². The first kappa shape index (κ1) is 12.0. The van der Waals surface area contributed by atoms with E-state index in [-0.39, 0.29) is 12.1 Å². The molecular formula is C14H18O3. The van der Waals surface area contributed by atoms with Crippen molar-refractivity contribution in [2.24, 2.45) is 0 Å². The van der Waals surface area contributed by atoms with E-state index in [4.69, 9.17) is 9.47 Å². The normalized spacial score (nSPS) is 21.8. The summed E-state index contributed by atoms with van der Waals surface area (Å²) in [5, 5.41) is 0. The van der Waals surface area contributed by atoms with E-state index in [1.807, 2.05) is 26.0 Å². The number of para-hydroxylation sites is 1. The Labute approximate surface area is 102 Å². The quantitative estimate of drug-likeness (QED) is 0.754. The Morgan fingerprint density at radius 1 is 1.41 bits per heavy atom. The molecule has 3 nitrogen and oxygen atoms in total. The van der Waals surface area contributed by atoms with Gasteiger partial charge in [-0.3, -0.25) is 0 Å². The maximum absolute atomic E-state index is 11.9. The lowest BCUT2D eigenvalue weighted by atomic mass is 9.97. The molecule has 1 aromatic carbocycles. The molecule has 0 N–H and O–H groups in total. The van der Waals surface area contributed by atoms with Crippen molar-refractivity contribution in [3.63, 3.8) is 0 Å². The molecule has 1 aliphatic rings. The molecule has 0 amide bonds. The number of carbonyl (C=O) groups excluding carboxylic acids is 1. The molecule has 1 aliphatic heterocycles. The van der Waals surface area contributed by atoms with E-state index in [1.165, 1.54) is 0 Å². The maximum Gasteiger partial charge on any atom is 0.341 e. The zero-order valence-corrected chi connectivity index (χ0v) is 10.5. The van der Waals surface area contributed by atoms with Crippen molar-refractivity contribution in [1.29, 1.82) is 0 Å². The zero-order valence-electron chi connectivity index (χ0n) is 10.5. The van der Waals surface area contributed by atoms with Crippen LogP contribution in [0.5, 0.6) is 5.75 Å². The van der Waals surface area contributed by atoms with Gasteiger partial charge in [-0.2, -0.15) is 0 Å². The summed E-state index contributed by atoms with van der Waals surface area (Å²) in [6, 6.07) is 5.67. The van der Waals surface area contributed by atoms with Crippen LogP contribution in [0.15, 0.2) is 18.2 Å². The zero-order chi connectivity index (χ0) is 12.4. The van der Waals surface area contributed by atoms with Gasteiger partial charge in [0.2, 0.25) is 0 Å². The van der Waals surface area contributed by atoms with Gasteiger partial charge in [0, 0.05) is 11.5 Å². The fourth-order valence-electron chi connectivity index (χ4n) is 2.02. The summed E-state index contributed by atoms with van der Waals surface area (Å²) < 4.78 is 10.9. The minimum atomic E-state index is -0.287. The fraction of sp³-hybridized carbons (Fsp3) is 0.500. The highest BCUT2D eigenvalue weighted by atomic mass is 16.5. The Morgan fingerprint density at radius 2 is 2.18 bits per heavy atom. The van der Waals surface area contributed by atoms with Crippen molar-refractivity contribution in [2.45, 2.75) is 39.2 Å². The number of esters is 1. The van der Waals surface area contributed by atoms with Gasteiger partial charge in [-0.15, -0.1) is 0 Å². The Balaban J connectivity index is 2.29. The number of hydrogen-bond acceptors (Lipinski definition) is 3. The second kappa shape index (κ2) is 4.78. The average molecular weight is 234 g/mol. The maximum atomic E-state index is 11.9. The van der Waals surface area contributed by atoms with Crippen LogP contribution in [0.25, 0.3) is 0 Å². The molecule has 2 rings (SSSR count). The highest BCUT2D eigenvalue weighted by Crippen LogP contribution is 2.40. The van der Waals surface area contributed by atoms with E-state index in [0.29, 0.717) is 23.8 Å². The molecule has 0 saturated heterocycles. The molecule has 1 heterocycles. The molecule has 3 heteroatoms. The van der Waals surface area contributed by atoms with Crippen LogP contribution in [0.4, 0.5) is 0 Å². The van der Waals surface area contributed by atoms with Crippen molar-refractivity contribution in [3.8, 4) is 5.75 Å². The lowest BCUT2D eigenvalue weighted by Crippen LogP contribution is -2.11. The molecule has 0 fully saturated rings. The van der Waals surface area contributed by atoms with Gasteiger partial charge in [-0.25, -0.2) is 4.79 Å². The number of fused-ring (bicyclic) bond motifs is 1. The van der Waals surface area contributed by atoms with Gasteiger partial charge in [0.05, 0.1) is 6.61 Å². The standard InChI is InChI=1S/C14H18O3/c1-4-8-16-14(15)12-7-5-6-11-9(2)10(3)17-13(11)12/h5-7,9-10H,4,8H2,1-3H3. The van der Waals surface area contributed by atoms with Crippen LogP contribution in [0.1, 0.15) is 49.0 Å². The van der Waals surface area contributed by atoms with Gasteiger partial charge < -0.3 is 9.47 Å². The van der Waals surface area contributed by atoms with Gasteiger partial charge >= 0.3 is 5.97 Å². The molecular weight excluding hydrogens is 216 g/mol. The van der Waals surface area contributed by atoms with Gasteiger partial charge in [0.1, 0.15) is 17.4 Å². The number of ether oxygens (including phenoxy) is 2. The molecule has 0 aliphatic carbocycles. The first-order valence-electron chi connectivity index (χ1n) is 6.11. The number of rotatable bonds is 3.